The van der Waals surface area contributed by atoms with Gasteiger partial charge in [-0.2, -0.15) is 0 Å². The first-order valence-corrected chi connectivity index (χ1v) is 12.9. The van der Waals surface area contributed by atoms with E-state index in [0.29, 0.717) is 41.6 Å². The van der Waals surface area contributed by atoms with Crippen molar-refractivity contribution in [1.82, 2.24) is 9.80 Å². The lowest BCUT2D eigenvalue weighted by atomic mass is 9.91. The predicted molar refractivity (Wildman–Crippen MR) is 144 cm³/mol. The molecule has 8 nitrogen and oxygen atoms in total. The van der Waals surface area contributed by atoms with Crippen LogP contribution in [0.15, 0.2) is 89.1 Å². The molecule has 0 spiro atoms. The van der Waals surface area contributed by atoms with Gasteiger partial charge in [0.1, 0.15) is 18.2 Å². The number of nitrogen functional groups attached to an aromatic ring is 1. The van der Waals surface area contributed by atoms with Crippen molar-refractivity contribution in [3.63, 3.8) is 0 Å². The van der Waals surface area contributed by atoms with Crippen LogP contribution in [0.1, 0.15) is 22.7 Å². The second-order valence-corrected chi connectivity index (χ2v) is 9.74. The van der Waals surface area contributed by atoms with Crippen LogP contribution in [-0.2, 0) is 6.61 Å². The van der Waals surface area contributed by atoms with Crippen LogP contribution < -0.4 is 16.2 Å². The number of rotatable bonds is 6. The summed E-state index contributed by atoms with van der Waals surface area (Å²) in [5, 5.41) is 7.96. The fraction of sp³-hybridized carbons (Fsp3) is 0.222. The van der Waals surface area contributed by atoms with Crippen LogP contribution in [0.4, 0.5) is 4.79 Å². The van der Waals surface area contributed by atoms with Crippen molar-refractivity contribution in [3.8, 4) is 5.75 Å². The van der Waals surface area contributed by atoms with E-state index in [-0.39, 0.29) is 17.9 Å². The molecule has 2 aliphatic heterocycles. The molecule has 9 heteroatoms. The summed E-state index contributed by atoms with van der Waals surface area (Å²) >= 11 is 1.72. The maximum Gasteiger partial charge on any atom is 0.330 e. The lowest BCUT2D eigenvalue weighted by Gasteiger charge is -2.35. The molecule has 1 saturated heterocycles. The van der Waals surface area contributed by atoms with Crippen molar-refractivity contribution in [3.05, 3.63) is 101 Å². The Balaban J connectivity index is 1.55. The van der Waals surface area contributed by atoms with Crippen LogP contribution in [0.5, 0.6) is 5.75 Å². The highest BCUT2D eigenvalue weighted by molar-refractivity contribution is 7.99. The fourth-order valence-electron chi connectivity index (χ4n) is 4.41. The molecule has 1 aliphatic carbocycles. The van der Waals surface area contributed by atoms with E-state index in [1.807, 2.05) is 54.6 Å². The summed E-state index contributed by atoms with van der Waals surface area (Å²) in [7, 11) is 0. The SMILES string of the molecule is N=C(N)c1ccc(OCc2ccccc2)c(C(N)C2=C3C=CC=CC3N=CN2C(=O)N2CCSC2)c1. The lowest BCUT2D eigenvalue weighted by molar-refractivity contribution is 0.194. The van der Waals surface area contributed by atoms with Crippen LogP contribution in [0.3, 0.4) is 0 Å². The third-order valence-corrected chi connectivity index (χ3v) is 7.28. The van der Waals surface area contributed by atoms with Gasteiger partial charge in [0.05, 0.1) is 30.0 Å². The number of nitrogens with one attached hydrogen (secondary N) is 1. The van der Waals surface area contributed by atoms with E-state index in [4.69, 9.17) is 21.6 Å². The van der Waals surface area contributed by atoms with Gasteiger partial charge in [0, 0.05) is 29.0 Å². The molecule has 184 valence electrons. The van der Waals surface area contributed by atoms with E-state index in [2.05, 4.69) is 4.99 Å². The zero-order valence-electron chi connectivity index (χ0n) is 19.7. The summed E-state index contributed by atoms with van der Waals surface area (Å²) in [5.74, 6) is 2.04. The highest BCUT2D eigenvalue weighted by Gasteiger charge is 2.35. The van der Waals surface area contributed by atoms with Gasteiger partial charge in [-0.3, -0.25) is 15.3 Å². The molecule has 2 aromatic rings. The number of ether oxygens (including phenoxy) is 1. The third kappa shape index (κ3) is 4.80. The Kier molecular flexibility index (Phi) is 6.92. The van der Waals surface area contributed by atoms with Crippen molar-refractivity contribution < 1.29 is 9.53 Å². The first-order chi connectivity index (χ1) is 17.5. The van der Waals surface area contributed by atoms with E-state index in [1.54, 1.807) is 46.1 Å². The largest absolute Gasteiger partial charge is 0.489 e. The number of hydrogen-bond acceptors (Lipinski definition) is 6. The predicted octanol–water partition coefficient (Wildman–Crippen LogP) is 3.77. The topological polar surface area (TPSA) is 121 Å². The number of urea groups is 1. The number of thioether (sulfide) groups is 1. The summed E-state index contributed by atoms with van der Waals surface area (Å²) in [6.45, 7) is 1.03. The number of carbonyl (C=O) groups is 1. The highest BCUT2D eigenvalue weighted by atomic mass is 32.2. The Morgan fingerprint density at radius 3 is 2.81 bits per heavy atom. The number of aliphatic imine (C=N–C) groups is 1. The molecule has 0 aromatic heterocycles. The molecule has 36 heavy (non-hydrogen) atoms. The minimum atomic E-state index is -0.727. The summed E-state index contributed by atoms with van der Waals surface area (Å²) in [6.07, 6.45) is 9.37. The van der Waals surface area contributed by atoms with Crippen molar-refractivity contribution in [2.24, 2.45) is 16.5 Å². The van der Waals surface area contributed by atoms with Gasteiger partial charge in [-0.15, -0.1) is 11.8 Å². The van der Waals surface area contributed by atoms with Gasteiger partial charge in [-0.05, 0) is 23.8 Å². The monoisotopic (exact) mass is 500 g/mol. The van der Waals surface area contributed by atoms with Gasteiger partial charge >= 0.3 is 6.03 Å². The molecule has 0 saturated carbocycles. The molecule has 5 rings (SSSR count). The minimum absolute atomic E-state index is 0.0682. The molecule has 2 heterocycles. The Morgan fingerprint density at radius 1 is 1.22 bits per heavy atom. The summed E-state index contributed by atoms with van der Waals surface area (Å²) < 4.78 is 6.20. The zero-order chi connectivity index (χ0) is 25.1. The van der Waals surface area contributed by atoms with Crippen molar-refractivity contribution in [2.75, 3.05) is 18.2 Å². The molecule has 5 N–H and O–H groups in total. The fourth-order valence-corrected chi connectivity index (χ4v) is 5.35. The Morgan fingerprint density at radius 2 is 2.06 bits per heavy atom. The average Bonchev–Trinajstić information content (AvgIpc) is 3.46. The van der Waals surface area contributed by atoms with E-state index >= 15 is 0 Å². The molecule has 0 radical (unpaired) electrons. The molecular weight excluding hydrogens is 472 g/mol. The van der Waals surface area contributed by atoms with Gasteiger partial charge in [0.25, 0.3) is 0 Å². The molecular formula is C27H28N6O2S. The number of allylic oxidation sites excluding steroid dienone is 2. The van der Waals surface area contributed by atoms with Crippen LogP contribution in [0.2, 0.25) is 0 Å². The molecule has 1 fully saturated rings. The summed E-state index contributed by atoms with van der Waals surface area (Å²) in [5.41, 5.74) is 16.5. The van der Waals surface area contributed by atoms with Gasteiger partial charge in [0.15, 0.2) is 0 Å². The normalized spacial score (nSPS) is 19.4. The maximum absolute atomic E-state index is 13.5. The first kappa shape index (κ1) is 23.9. The van der Waals surface area contributed by atoms with Crippen molar-refractivity contribution in [1.29, 1.82) is 5.41 Å². The van der Waals surface area contributed by atoms with E-state index in [9.17, 15) is 4.79 Å². The lowest BCUT2D eigenvalue weighted by Crippen LogP contribution is -2.45. The Labute approximate surface area is 214 Å². The number of nitrogens with two attached hydrogens (primary N) is 2. The number of carbonyl (C=O) groups excluding carboxylic acids is 1. The minimum Gasteiger partial charge on any atom is -0.489 e. The number of benzene rings is 2. The molecule has 2 amide bonds. The molecule has 3 aliphatic rings. The van der Waals surface area contributed by atoms with Crippen LogP contribution in [0, 0.1) is 5.41 Å². The summed E-state index contributed by atoms with van der Waals surface area (Å²) in [6, 6.07) is 14.1. The van der Waals surface area contributed by atoms with Crippen LogP contribution in [-0.4, -0.2) is 52.2 Å². The number of amidine groups is 1. The van der Waals surface area contributed by atoms with Crippen LogP contribution in [0.25, 0.3) is 0 Å². The third-order valence-electron chi connectivity index (χ3n) is 6.31. The molecule has 0 bridgehead atoms. The number of hydrogen-bond donors (Lipinski definition) is 3. The van der Waals surface area contributed by atoms with Crippen LogP contribution >= 0.6 is 11.8 Å². The maximum atomic E-state index is 13.5. The summed E-state index contributed by atoms with van der Waals surface area (Å²) in [4.78, 5) is 21.5. The zero-order valence-corrected chi connectivity index (χ0v) is 20.5. The smallest absolute Gasteiger partial charge is 0.330 e. The second kappa shape index (κ2) is 10.4. The molecule has 2 aromatic carbocycles. The Hall–Kier alpha value is -3.82. The first-order valence-electron chi connectivity index (χ1n) is 11.7. The average molecular weight is 501 g/mol. The van der Waals surface area contributed by atoms with Gasteiger partial charge in [-0.25, -0.2) is 4.79 Å². The second-order valence-electron chi connectivity index (χ2n) is 8.67. The highest BCUT2D eigenvalue weighted by Crippen LogP contribution is 2.37. The van der Waals surface area contributed by atoms with E-state index in [0.717, 1.165) is 16.9 Å². The number of fused-ring (bicyclic) bond motifs is 1. The molecule has 2 atom stereocenters. The van der Waals surface area contributed by atoms with Crippen molar-refractivity contribution in [2.45, 2.75) is 18.7 Å². The van der Waals surface area contributed by atoms with Gasteiger partial charge in [-0.1, -0.05) is 54.6 Å². The Bertz CT molecular complexity index is 1280. The number of amides is 2. The van der Waals surface area contributed by atoms with Gasteiger partial charge in [0.2, 0.25) is 0 Å². The number of nitrogens with zero attached hydrogens (tertiary/aromatic N) is 3. The van der Waals surface area contributed by atoms with E-state index in [1.165, 1.54) is 0 Å². The standard InChI is InChI=1S/C27H28N6O2S/c28-24(21-14-19(26(29)30)10-11-23(21)35-15-18-6-2-1-3-7-18)25-20-8-4-5-9-22(20)31-16-33(25)27(34)32-12-13-36-17-32/h1-11,14,16,22,24H,12-13,15,17,28H2,(H3,29,30). The molecule has 2 unspecified atom stereocenters. The van der Waals surface area contributed by atoms with E-state index < -0.39 is 6.04 Å². The van der Waals surface area contributed by atoms with Crippen molar-refractivity contribution >= 4 is 30.0 Å². The quantitative estimate of drug-likeness (QED) is 0.412. The van der Waals surface area contributed by atoms with Gasteiger partial charge < -0.3 is 21.1 Å².